The Morgan fingerprint density at radius 3 is 2.42 bits per heavy atom. The van der Waals surface area contributed by atoms with Gasteiger partial charge in [-0.1, -0.05) is 19.9 Å². The Hall–Kier alpha value is -0.630. The zero-order valence-corrected chi connectivity index (χ0v) is 8.23. The maximum absolute atomic E-state index is 12.8. The Morgan fingerprint density at radius 1 is 1.50 bits per heavy atom. The van der Waals surface area contributed by atoms with Crippen LogP contribution in [0.5, 0.6) is 0 Å². The van der Waals surface area contributed by atoms with E-state index in [-0.39, 0.29) is 5.83 Å². The van der Waals surface area contributed by atoms with E-state index in [2.05, 4.69) is 0 Å². The highest BCUT2D eigenvalue weighted by Gasteiger charge is 2.03. The van der Waals surface area contributed by atoms with Gasteiger partial charge in [-0.15, -0.1) is 0 Å². The normalized spacial score (nSPS) is 14.2. The zero-order valence-electron chi connectivity index (χ0n) is 8.23. The van der Waals surface area contributed by atoms with Crippen molar-refractivity contribution in [1.29, 1.82) is 0 Å². The molecular weight excluding hydrogens is 155 g/mol. The van der Waals surface area contributed by atoms with Gasteiger partial charge >= 0.3 is 0 Å². The minimum absolute atomic E-state index is 0.198. The van der Waals surface area contributed by atoms with Crippen LogP contribution in [0.2, 0.25) is 0 Å². The number of methoxy groups -OCH3 is 1. The number of rotatable bonds is 4. The van der Waals surface area contributed by atoms with Crippen LogP contribution in [-0.4, -0.2) is 13.7 Å². The van der Waals surface area contributed by atoms with E-state index in [1.807, 2.05) is 13.8 Å². The number of halogens is 1. The molecule has 0 aromatic rings. The molecule has 0 bridgehead atoms. The molecule has 0 aliphatic carbocycles. The fourth-order valence-electron chi connectivity index (χ4n) is 0.802. The van der Waals surface area contributed by atoms with Gasteiger partial charge in [0, 0.05) is 7.11 Å². The standard InChI is InChI=1S/C10H17FO/c1-5-10(11)6-9(7-12-4)8(2)3/h5-6,8H,7H2,1-4H3/b9-6+,10-5+. The highest BCUT2D eigenvalue weighted by molar-refractivity contribution is 5.19. The van der Waals surface area contributed by atoms with Crippen LogP contribution >= 0.6 is 0 Å². The minimum Gasteiger partial charge on any atom is -0.380 e. The molecule has 0 fully saturated rings. The summed E-state index contributed by atoms with van der Waals surface area (Å²) in [6.45, 7) is 6.22. The zero-order chi connectivity index (χ0) is 9.56. The van der Waals surface area contributed by atoms with Gasteiger partial charge < -0.3 is 4.74 Å². The fourth-order valence-corrected chi connectivity index (χ4v) is 0.802. The first-order chi connectivity index (χ1) is 5.61. The lowest BCUT2D eigenvalue weighted by molar-refractivity contribution is 0.218. The average molecular weight is 172 g/mol. The molecular formula is C10H17FO. The predicted molar refractivity (Wildman–Crippen MR) is 49.7 cm³/mol. The maximum atomic E-state index is 12.8. The molecule has 0 N–H and O–H groups in total. The van der Waals surface area contributed by atoms with Crippen LogP contribution in [0.4, 0.5) is 4.39 Å². The molecule has 1 nitrogen and oxygen atoms in total. The van der Waals surface area contributed by atoms with Gasteiger partial charge in [-0.25, -0.2) is 4.39 Å². The second-order valence-corrected chi connectivity index (χ2v) is 2.98. The van der Waals surface area contributed by atoms with Gasteiger partial charge in [0.05, 0.1) is 6.61 Å². The summed E-state index contributed by atoms with van der Waals surface area (Å²) < 4.78 is 17.7. The second-order valence-electron chi connectivity index (χ2n) is 2.98. The first-order valence-corrected chi connectivity index (χ1v) is 4.13. The molecule has 0 amide bonds. The summed E-state index contributed by atoms with van der Waals surface area (Å²) in [5.41, 5.74) is 0.980. The minimum atomic E-state index is -0.198. The Bertz CT molecular complexity index is 180. The van der Waals surface area contributed by atoms with Gasteiger partial charge in [-0.2, -0.15) is 0 Å². The van der Waals surface area contributed by atoms with Crippen molar-refractivity contribution in [3.8, 4) is 0 Å². The summed E-state index contributed by atoms with van der Waals surface area (Å²) in [6, 6.07) is 0. The van der Waals surface area contributed by atoms with Gasteiger partial charge in [0.15, 0.2) is 0 Å². The van der Waals surface area contributed by atoms with Crippen LogP contribution in [0.15, 0.2) is 23.6 Å². The third kappa shape index (κ3) is 4.29. The molecule has 0 spiro atoms. The first kappa shape index (κ1) is 11.4. The van der Waals surface area contributed by atoms with E-state index in [1.54, 1.807) is 14.0 Å². The largest absolute Gasteiger partial charge is 0.380 e. The van der Waals surface area contributed by atoms with Crippen LogP contribution in [0.1, 0.15) is 20.8 Å². The average Bonchev–Trinajstić information content (AvgIpc) is 2.03. The van der Waals surface area contributed by atoms with E-state index in [1.165, 1.54) is 12.2 Å². The molecule has 70 valence electrons. The number of hydrogen-bond acceptors (Lipinski definition) is 1. The lowest BCUT2D eigenvalue weighted by Gasteiger charge is -2.09. The summed E-state index contributed by atoms with van der Waals surface area (Å²) in [5.74, 6) is 0.131. The fraction of sp³-hybridized carbons (Fsp3) is 0.600. The highest BCUT2D eigenvalue weighted by Crippen LogP contribution is 2.13. The molecule has 0 heterocycles. The van der Waals surface area contributed by atoms with Crippen LogP contribution in [-0.2, 0) is 4.74 Å². The molecule has 0 unspecified atom stereocenters. The number of ether oxygens (including phenoxy) is 1. The van der Waals surface area contributed by atoms with E-state index >= 15 is 0 Å². The molecule has 0 saturated heterocycles. The molecule has 12 heavy (non-hydrogen) atoms. The van der Waals surface area contributed by atoms with Gasteiger partial charge in [0.2, 0.25) is 0 Å². The van der Waals surface area contributed by atoms with Crippen LogP contribution in [0.3, 0.4) is 0 Å². The molecule has 0 aliphatic heterocycles. The summed E-state index contributed by atoms with van der Waals surface area (Å²) in [7, 11) is 1.61. The maximum Gasteiger partial charge on any atom is 0.119 e. The summed E-state index contributed by atoms with van der Waals surface area (Å²) >= 11 is 0. The molecule has 0 aliphatic rings. The van der Waals surface area contributed by atoms with Gasteiger partial charge in [0.25, 0.3) is 0 Å². The molecule has 0 radical (unpaired) electrons. The summed E-state index contributed by atoms with van der Waals surface area (Å²) in [5, 5.41) is 0. The third-order valence-electron chi connectivity index (χ3n) is 1.65. The monoisotopic (exact) mass is 172 g/mol. The van der Waals surface area contributed by atoms with Crippen molar-refractivity contribution in [3.05, 3.63) is 23.6 Å². The second kappa shape index (κ2) is 5.95. The van der Waals surface area contributed by atoms with Crippen LogP contribution in [0, 0.1) is 5.92 Å². The van der Waals surface area contributed by atoms with Gasteiger partial charge in [-0.05, 0) is 24.5 Å². The van der Waals surface area contributed by atoms with Crippen molar-refractivity contribution < 1.29 is 9.13 Å². The van der Waals surface area contributed by atoms with Crippen molar-refractivity contribution in [3.63, 3.8) is 0 Å². The van der Waals surface area contributed by atoms with E-state index < -0.39 is 0 Å². The Morgan fingerprint density at radius 2 is 2.08 bits per heavy atom. The van der Waals surface area contributed by atoms with Crippen molar-refractivity contribution in [2.24, 2.45) is 5.92 Å². The molecule has 0 atom stereocenters. The van der Waals surface area contributed by atoms with Crippen molar-refractivity contribution in [2.45, 2.75) is 20.8 Å². The van der Waals surface area contributed by atoms with E-state index in [9.17, 15) is 4.39 Å². The molecule has 0 saturated carbocycles. The topological polar surface area (TPSA) is 9.23 Å². The van der Waals surface area contributed by atoms with Crippen molar-refractivity contribution in [2.75, 3.05) is 13.7 Å². The van der Waals surface area contributed by atoms with Crippen LogP contribution < -0.4 is 0 Å². The highest BCUT2D eigenvalue weighted by atomic mass is 19.1. The predicted octanol–water partition coefficient (Wildman–Crippen LogP) is 3.09. The lowest BCUT2D eigenvalue weighted by Crippen LogP contribution is -2.01. The molecule has 0 aromatic heterocycles. The Kier molecular flexibility index (Phi) is 5.64. The van der Waals surface area contributed by atoms with Crippen molar-refractivity contribution in [1.82, 2.24) is 0 Å². The van der Waals surface area contributed by atoms with Gasteiger partial charge in [0.1, 0.15) is 5.83 Å². The molecule has 0 rings (SSSR count). The van der Waals surface area contributed by atoms with Crippen LogP contribution in [0.25, 0.3) is 0 Å². The Balaban J connectivity index is 4.38. The van der Waals surface area contributed by atoms with Gasteiger partial charge in [-0.3, -0.25) is 0 Å². The summed E-state index contributed by atoms with van der Waals surface area (Å²) in [6.07, 6.45) is 2.98. The summed E-state index contributed by atoms with van der Waals surface area (Å²) in [4.78, 5) is 0. The van der Waals surface area contributed by atoms with E-state index in [0.29, 0.717) is 12.5 Å². The smallest absolute Gasteiger partial charge is 0.119 e. The SMILES string of the molecule is C/C=C(F)\C=C(/COC)C(C)C. The molecule has 2 heteroatoms. The van der Waals surface area contributed by atoms with E-state index in [4.69, 9.17) is 4.74 Å². The number of hydrogen-bond donors (Lipinski definition) is 0. The Labute approximate surface area is 73.9 Å². The first-order valence-electron chi connectivity index (χ1n) is 4.13. The number of allylic oxidation sites excluding steroid dienone is 3. The quantitative estimate of drug-likeness (QED) is 0.592. The third-order valence-corrected chi connectivity index (χ3v) is 1.65. The van der Waals surface area contributed by atoms with Crippen molar-refractivity contribution >= 4 is 0 Å². The lowest BCUT2D eigenvalue weighted by atomic mass is 10.0. The molecule has 0 aromatic carbocycles. The van der Waals surface area contributed by atoms with E-state index in [0.717, 1.165) is 5.57 Å².